The molecule has 0 saturated carbocycles. The van der Waals surface area contributed by atoms with Crippen molar-refractivity contribution in [2.45, 2.75) is 39.2 Å². The summed E-state index contributed by atoms with van der Waals surface area (Å²) in [4.78, 5) is 4.48. The van der Waals surface area contributed by atoms with Crippen LogP contribution >= 0.6 is 11.6 Å². The molecule has 2 aromatic rings. The average Bonchev–Trinajstić information content (AvgIpc) is 2.94. The number of benzene rings is 1. The Kier molecular flexibility index (Phi) is 5.15. The Morgan fingerprint density at radius 2 is 1.95 bits per heavy atom. The molecule has 1 aromatic carbocycles. The summed E-state index contributed by atoms with van der Waals surface area (Å²) in [6.45, 7) is 7.36. The molecule has 0 radical (unpaired) electrons. The van der Waals surface area contributed by atoms with Crippen LogP contribution in [0.2, 0.25) is 5.02 Å². The van der Waals surface area contributed by atoms with Gasteiger partial charge in [-0.3, -0.25) is 0 Å². The Morgan fingerprint density at radius 3 is 2.60 bits per heavy atom. The van der Waals surface area contributed by atoms with Crippen molar-refractivity contribution in [1.29, 1.82) is 0 Å². The van der Waals surface area contributed by atoms with Gasteiger partial charge < -0.3 is 9.84 Å². The number of hydrogen-bond donors (Lipinski definition) is 1. The Balaban J connectivity index is 2.10. The third-order valence-electron chi connectivity index (χ3n) is 3.40. The zero-order chi connectivity index (χ0) is 14.5. The van der Waals surface area contributed by atoms with Crippen LogP contribution in [-0.2, 0) is 0 Å². The van der Waals surface area contributed by atoms with Crippen molar-refractivity contribution in [3.8, 4) is 11.4 Å². The van der Waals surface area contributed by atoms with Crippen molar-refractivity contribution in [2.24, 2.45) is 0 Å². The lowest BCUT2D eigenvalue weighted by Gasteiger charge is -2.17. The molecular weight excluding hydrogens is 274 g/mol. The van der Waals surface area contributed by atoms with Crippen molar-refractivity contribution in [1.82, 2.24) is 15.5 Å². The van der Waals surface area contributed by atoms with E-state index >= 15 is 0 Å². The van der Waals surface area contributed by atoms with E-state index < -0.39 is 0 Å². The molecule has 108 valence electrons. The predicted molar refractivity (Wildman–Crippen MR) is 80.9 cm³/mol. The fourth-order valence-electron chi connectivity index (χ4n) is 1.90. The third kappa shape index (κ3) is 3.58. The fourth-order valence-corrected chi connectivity index (χ4v) is 2.03. The summed E-state index contributed by atoms with van der Waals surface area (Å²) in [5, 5.41) is 8.18. The lowest BCUT2D eigenvalue weighted by Crippen LogP contribution is -2.31. The molecule has 1 aromatic heterocycles. The second kappa shape index (κ2) is 6.86. The number of nitrogens with one attached hydrogen (secondary N) is 1. The van der Waals surface area contributed by atoms with E-state index in [2.05, 4.69) is 36.2 Å². The van der Waals surface area contributed by atoms with E-state index in [-0.39, 0.29) is 5.92 Å². The lowest BCUT2D eigenvalue weighted by atomic mass is 10.0. The molecule has 1 N–H and O–H groups in total. The van der Waals surface area contributed by atoms with Gasteiger partial charge in [-0.2, -0.15) is 4.98 Å². The maximum Gasteiger partial charge on any atom is 0.231 e. The van der Waals surface area contributed by atoms with Crippen molar-refractivity contribution in [3.63, 3.8) is 0 Å². The Bertz CT molecular complexity index is 538. The highest BCUT2D eigenvalue weighted by Crippen LogP contribution is 2.23. The molecule has 0 aliphatic rings. The van der Waals surface area contributed by atoms with Crippen LogP contribution in [-0.4, -0.2) is 22.7 Å². The van der Waals surface area contributed by atoms with E-state index in [0.29, 0.717) is 22.8 Å². The Labute approximate surface area is 124 Å². The molecule has 2 rings (SSSR count). The van der Waals surface area contributed by atoms with Crippen LogP contribution in [0, 0.1) is 0 Å². The standard InChI is InChI=1S/C15H20ClN3O/c1-4-9-17-11(3)10(2)15-18-14(19-20-15)12-5-7-13(16)8-6-12/h5-8,10-11,17H,4,9H2,1-3H3. The van der Waals surface area contributed by atoms with Gasteiger partial charge in [-0.1, -0.05) is 30.6 Å². The SMILES string of the molecule is CCCNC(C)C(C)c1nc(-c2ccc(Cl)cc2)no1. The van der Waals surface area contributed by atoms with Gasteiger partial charge in [0.15, 0.2) is 0 Å². The lowest BCUT2D eigenvalue weighted by molar-refractivity contribution is 0.331. The molecule has 2 unspecified atom stereocenters. The fraction of sp³-hybridized carbons (Fsp3) is 0.467. The maximum atomic E-state index is 5.87. The largest absolute Gasteiger partial charge is 0.339 e. The molecule has 0 aliphatic carbocycles. The van der Waals surface area contributed by atoms with E-state index in [9.17, 15) is 0 Å². The van der Waals surface area contributed by atoms with Crippen LogP contribution in [0.5, 0.6) is 0 Å². The summed E-state index contributed by atoms with van der Waals surface area (Å²) in [6.07, 6.45) is 1.11. The first-order valence-electron chi connectivity index (χ1n) is 6.94. The zero-order valence-corrected chi connectivity index (χ0v) is 12.8. The minimum absolute atomic E-state index is 0.176. The summed E-state index contributed by atoms with van der Waals surface area (Å²) in [6, 6.07) is 7.72. The molecule has 4 nitrogen and oxygen atoms in total. The van der Waals surface area contributed by atoms with Gasteiger partial charge in [-0.05, 0) is 44.2 Å². The van der Waals surface area contributed by atoms with Crippen LogP contribution in [0.15, 0.2) is 28.8 Å². The minimum atomic E-state index is 0.176. The molecule has 0 spiro atoms. The van der Waals surface area contributed by atoms with Crippen molar-refractivity contribution in [3.05, 3.63) is 35.2 Å². The van der Waals surface area contributed by atoms with Crippen LogP contribution in [0.3, 0.4) is 0 Å². The van der Waals surface area contributed by atoms with E-state index in [1.807, 2.05) is 24.3 Å². The van der Waals surface area contributed by atoms with Crippen molar-refractivity contribution in [2.75, 3.05) is 6.54 Å². The zero-order valence-electron chi connectivity index (χ0n) is 12.1. The van der Waals surface area contributed by atoms with Crippen LogP contribution in [0.1, 0.15) is 39.0 Å². The second-order valence-corrected chi connectivity index (χ2v) is 5.43. The molecule has 0 aliphatic heterocycles. The molecule has 0 bridgehead atoms. The van der Waals surface area contributed by atoms with Gasteiger partial charge in [0.2, 0.25) is 11.7 Å². The molecule has 2 atom stereocenters. The smallest absolute Gasteiger partial charge is 0.231 e. The minimum Gasteiger partial charge on any atom is -0.339 e. The van der Waals surface area contributed by atoms with E-state index in [1.165, 1.54) is 0 Å². The van der Waals surface area contributed by atoms with Crippen molar-refractivity contribution < 1.29 is 4.52 Å². The van der Waals surface area contributed by atoms with Gasteiger partial charge >= 0.3 is 0 Å². The monoisotopic (exact) mass is 293 g/mol. The second-order valence-electron chi connectivity index (χ2n) is 4.99. The average molecular weight is 294 g/mol. The van der Waals surface area contributed by atoms with Crippen LogP contribution < -0.4 is 5.32 Å². The topological polar surface area (TPSA) is 51.0 Å². The van der Waals surface area contributed by atoms with E-state index in [1.54, 1.807) is 0 Å². The number of nitrogens with zero attached hydrogens (tertiary/aromatic N) is 2. The maximum absolute atomic E-state index is 5.87. The first kappa shape index (κ1) is 15.0. The quantitative estimate of drug-likeness (QED) is 0.878. The number of rotatable bonds is 6. The molecule has 0 fully saturated rings. The van der Waals surface area contributed by atoms with Crippen molar-refractivity contribution >= 4 is 11.6 Å². The first-order valence-corrected chi connectivity index (χ1v) is 7.32. The van der Waals surface area contributed by atoms with Crippen LogP contribution in [0.4, 0.5) is 0 Å². The Hall–Kier alpha value is -1.39. The number of aromatic nitrogens is 2. The van der Waals surface area contributed by atoms with Gasteiger partial charge in [-0.25, -0.2) is 0 Å². The van der Waals surface area contributed by atoms with Gasteiger partial charge in [0.05, 0.1) is 5.92 Å². The highest BCUT2D eigenvalue weighted by molar-refractivity contribution is 6.30. The molecule has 5 heteroatoms. The summed E-state index contributed by atoms with van der Waals surface area (Å²) in [5.74, 6) is 1.44. The highest BCUT2D eigenvalue weighted by atomic mass is 35.5. The number of halogens is 1. The van der Waals surface area contributed by atoms with E-state index in [4.69, 9.17) is 16.1 Å². The predicted octanol–water partition coefficient (Wildman–Crippen LogP) is 3.88. The summed E-state index contributed by atoms with van der Waals surface area (Å²) < 4.78 is 5.38. The van der Waals surface area contributed by atoms with E-state index in [0.717, 1.165) is 18.5 Å². The molecular formula is C15H20ClN3O. The van der Waals surface area contributed by atoms with Gasteiger partial charge in [-0.15, -0.1) is 0 Å². The highest BCUT2D eigenvalue weighted by Gasteiger charge is 2.20. The Morgan fingerprint density at radius 1 is 1.25 bits per heavy atom. The van der Waals surface area contributed by atoms with Gasteiger partial charge in [0.1, 0.15) is 0 Å². The van der Waals surface area contributed by atoms with Gasteiger partial charge in [0, 0.05) is 16.6 Å². The summed E-state index contributed by atoms with van der Waals surface area (Å²) in [7, 11) is 0. The molecule has 0 amide bonds. The molecule has 0 saturated heterocycles. The number of hydrogen-bond acceptors (Lipinski definition) is 4. The summed E-state index contributed by atoms with van der Waals surface area (Å²) in [5.41, 5.74) is 0.908. The first-order chi connectivity index (χ1) is 9.61. The van der Waals surface area contributed by atoms with Crippen LogP contribution in [0.25, 0.3) is 11.4 Å². The van der Waals surface area contributed by atoms with Gasteiger partial charge in [0.25, 0.3) is 0 Å². The normalized spacial score (nSPS) is 14.2. The summed E-state index contributed by atoms with van der Waals surface area (Å²) >= 11 is 5.87. The third-order valence-corrected chi connectivity index (χ3v) is 3.65. The molecule has 1 heterocycles. The molecule has 20 heavy (non-hydrogen) atoms.